The lowest BCUT2D eigenvalue weighted by Crippen LogP contribution is -2.57. The van der Waals surface area contributed by atoms with Gasteiger partial charge in [-0.25, -0.2) is 0 Å². The third-order valence-electron chi connectivity index (χ3n) is 7.36. The molecule has 0 saturated carbocycles. The SMILES string of the molecule is CCCCCCOc1ccc(C2OC3(c4ccc(Br)cc4)OC(=N)C(C#N)(C3C)C2(C#N)C#N)cc1. The Bertz CT molecular complexity index is 1240. The number of benzene rings is 2. The number of halogens is 1. The van der Waals surface area contributed by atoms with Gasteiger partial charge in [0.15, 0.2) is 5.41 Å². The van der Waals surface area contributed by atoms with Crippen LogP contribution < -0.4 is 4.74 Å². The molecule has 0 amide bonds. The molecule has 0 aromatic heterocycles. The summed E-state index contributed by atoms with van der Waals surface area (Å²) in [5.74, 6) is -2.07. The highest BCUT2D eigenvalue weighted by Gasteiger charge is 2.79. The molecule has 1 N–H and O–H groups in total. The summed E-state index contributed by atoms with van der Waals surface area (Å²) in [6.45, 7) is 4.46. The molecule has 0 aliphatic carbocycles. The third kappa shape index (κ3) is 3.66. The Morgan fingerprint density at radius 3 is 2.22 bits per heavy atom. The van der Waals surface area contributed by atoms with Gasteiger partial charge >= 0.3 is 0 Å². The number of nitrogens with one attached hydrogen (secondary N) is 1. The van der Waals surface area contributed by atoms with Crippen LogP contribution in [0.4, 0.5) is 0 Å². The highest BCUT2D eigenvalue weighted by atomic mass is 79.9. The van der Waals surface area contributed by atoms with Crippen molar-refractivity contribution in [2.24, 2.45) is 16.7 Å². The summed E-state index contributed by atoms with van der Waals surface area (Å²) in [6, 6.07) is 20.6. The van der Waals surface area contributed by atoms with Gasteiger partial charge in [-0.15, -0.1) is 0 Å². The first-order valence-electron chi connectivity index (χ1n) is 12.0. The molecule has 8 heteroatoms. The summed E-state index contributed by atoms with van der Waals surface area (Å²) in [7, 11) is 0. The molecule has 4 atom stereocenters. The van der Waals surface area contributed by atoms with Crippen LogP contribution in [-0.2, 0) is 15.3 Å². The van der Waals surface area contributed by atoms with Gasteiger partial charge in [0.2, 0.25) is 17.1 Å². The summed E-state index contributed by atoms with van der Waals surface area (Å²) in [5.41, 5.74) is -2.71. The highest BCUT2D eigenvalue weighted by molar-refractivity contribution is 9.10. The van der Waals surface area contributed by atoms with Crippen molar-refractivity contribution in [2.45, 2.75) is 51.4 Å². The summed E-state index contributed by atoms with van der Waals surface area (Å²) in [5, 5.41) is 39.9. The van der Waals surface area contributed by atoms with Crippen molar-refractivity contribution < 1.29 is 14.2 Å². The summed E-state index contributed by atoms with van der Waals surface area (Å²) < 4.78 is 19.2. The lowest BCUT2D eigenvalue weighted by atomic mass is 9.53. The number of hydrogen-bond acceptors (Lipinski definition) is 7. The zero-order chi connectivity index (χ0) is 26.0. The summed E-state index contributed by atoms with van der Waals surface area (Å²) >= 11 is 3.42. The van der Waals surface area contributed by atoms with E-state index in [9.17, 15) is 15.8 Å². The van der Waals surface area contributed by atoms with Crippen LogP contribution in [0.25, 0.3) is 0 Å². The topological polar surface area (TPSA) is 123 Å². The minimum atomic E-state index is -2.00. The Hall–Kier alpha value is -3.38. The van der Waals surface area contributed by atoms with E-state index in [1.807, 2.05) is 12.1 Å². The average Bonchev–Trinajstić information content (AvgIpc) is 3.05. The van der Waals surface area contributed by atoms with Crippen LogP contribution in [0, 0.1) is 56.2 Å². The molecule has 2 heterocycles. The van der Waals surface area contributed by atoms with Gasteiger partial charge in [0.05, 0.1) is 30.7 Å². The molecule has 7 nitrogen and oxygen atoms in total. The van der Waals surface area contributed by atoms with Crippen LogP contribution in [0.2, 0.25) is 0 Å². The smallest absolute Gasteiger partial charge is 0.244 e. The molecule has 2 fully saturated rings. The molecule has 2 aliphatic heterocycles. The number of unbranched alkanes of at least 4 members (excludes halogenated alkanes) is 3. The van der Waals surface area contributed by atoms with Crippen LogP contribution in [-0.4, -0.2) is 12.5 Å². The van der Waals surface area contributed by atoms with Gasteiger partial charge in [-0.2, -0.15) is 15.8 Å². The molecule has 2 aromatic carbocycles. The second kappa shape index (κ2) is 9.94. The van der Waals surface area contributed by atoms with E-state index in [-0.39, 0.29) is 0 Å². The summed E-state index contributed by atoms with van der Waals surface area (Å²) in [6.07, 6.45) is 3.25. The normalized spacial score (nSPS) is 27.8. The van der Waals surface area contributed by atoms with Crippen LogP contribution in [0.5, 0.6) is 5.75 Å². The fourth-order valence-corrected chi connectivity index (χ4v) is 5.57. The average molecular weight is 547 g/mol. The first-order chi connectivity index (χ1) is 17.3. The van der Waals surface area contributed by atoms with E-state index in [0.29, 0.717) is 23.5 Å². The fraction of sp³-hybridized carbons (Fsp3) is 0.429. The van der Waals surface area contributed by atoms with E-state index < -0.39 is 34.5 Å². The minimum Gasteiger partial charge on any atom is -0.494 e. The number of hydrogen-bond donors (Lipinski definition) is 1. The molecule has 0 radical (unpaired) electrons. The van der Waals surface area contributed by atoms with E-state index in [1.165, 1.54) is 6.42 Å². The number of ether oxygens (including phenoxy) is 3. The van der Waals surface area contributed by atoms with E-state index >= 15 is 0 Å². The lowest BCUT2D eigenvalue weighted by Gasteiger charge is -2.48. The van der Waals surface area contributed by atoms with Crippen molar-refractivity contribution in [3.63, 3.8) is 0 Å². The lowest BCUT2D eigenvalue weighted by molar-refractivity contribution is -0.288. The van der Waals surface area contributed by atoms with Crippen molar-refractivity contribution in [1.29, 1.82) is 21.2 Å². The number of rotatable bonds is 8. The van der Waals surface area contributed by atoms with Gasteiger partial charge in [-0.1, -0.05) is 73.3 Å². The van der Waals surface area contributed by atoms with Crippen LogP contribution in [0.3, 0.4) is 0 Å². The van der Waals surface area contributed by atoms with Crippen molar-refractivity contribution in [3.8, 4) is 24.0 Å². The minimum absolute atomic E-state index is 0.432. The van der Waals surface area contributed by atoms with Gasteiger partial charge in [0, 0.05) is 10.0 Å². The zero-order valence-electron chi connectivity index (χ0n) is 20.3. The Labute approximate surface area is 219 Å². The first-order valence-corrected chi connectivity index (χ1v) is 12.8. The van der Waals surface area contributed by atoms with Gasteiger partial charge in [-0.3, -0.25) is 5.41 Å². The van der Waals surface area contributed by atoms with Crippen LogP contribution in [0.15, 0.2) is 53.0 Å². The second-order valence-corrected chi connectivity index (χ2v) is 10.2. The van der Waals surface area contributed by atoms with Gasteiger partial charge in [-0.05, 0) is 36.2 Å². The number of fused-ring (bicyclic) bond motifs is 2. The van der Waals surface area contributed by atoms with E-state index in [1.54, 1.807) is 43.3 Å². The van der Waals surface area contributed by atoms with Crippen molar-refractivity contribution in [3.05, 3.63) is 64.1 Å². The van der Waals surface area contributed by atoms with Gasteiger partial charge in [0.25, 0.3) is 0 Å². The maximum Gasteiger partial charge on any atom is 0.244 e. The van der Waals surface area contributed by atoms with Crippen LogP contribution >= 0.6 is 15.9 Å². The molecule has 2 bridgehead atoms. The quantitative estimate of drug-likeness (QED) is 0.376. The van der Waals surface area contributed by atoms with E-state index in [4.69, 9.17) is 19.6 Å². The molecule has 2 aliphatic rings. The third-order valence-corrected chi connectivity index (χ3v) is 7.89. The summed E-state index contributed by atoms with van der Waals surface area (Å²) in [4.78, 5) is 0. The molecule has 2 saturated heterocycles. The molecule has 4 rings (SSSR count). The maximum absolute atomic E-state index is 10.4. The molecular weight excluding hydrogens is 520 g/mol. The molecule has 0 spiro atoms. The van der Waals surface area contributed by atoms with Crippen LogP contribution in [0.1, 0.15) is 56.8 Å². The predicted molar refractivity (Wildman–Crippen MR) is 135 cm³/mol. The molecule has 4 unspecified atom stereocenters. The van der Waals surface area contributed by atoms with Gasteiger partial charge in [0.1, 0.15) is 11.9 Å². The molecular formula is C28H27BrN4O3. The van der Waals surface area contributed by atoms with E-state index in [2.05, 4.69) is 41.1 Å². The van der Waals surface area contributed by atoms with Crippen molar-refractivity contribution >= 4 is 21.8 Å². The first kappa shape index (κ1) is 25.7. The Balaban J connectivity index is 1.76. The second-order valence-electron chi connectivity index (χ2n) is 9.25. The Morgan fingerprint density at radius 1 is 0.972 bits per heavy atom. The number of nitrogens with zero attached hydrogens (tertiary/aromatic N) is 3. The number of nitriles is 3. The molecule has 2 aromatic rings. The Kier molecular flexibility index (Phi) is 7.10. The largest absolute Gasteiger partial charge is 0.494 e. The monoisotopic (exact) mass is 546 g/mol. The zero-order valence-corrected chi connectivity index (χ0v) is 21.8. The fourth-order valence-electron chi connectivity index (χ4n) is 5.31. The van der Waals surface area contributed by atoms with Gasteiger partial charge < -0.3 is 14.2 Å². The van der Waals surface area contributed by atoms with E-state index in [0.717, 1.165) is 23.7 Å². The predicted octanol–water partition coefficient (Wildman–Crippen LogP) is 6.52. The van der Waals surface area contributed by atoms with Crippen molar-refractivity contribution in [2.75, 3.05) is 6.61 Å². The highest BCUT2D eigenvalue weighted by Crippen LogP contribution is 2.69. The standard InChI is InChI=1S/C28H27BrN4O3/c1-3-4-5-6-15-34-23-13-7-20(8-14-23)24-26(16-30,17-31)27(18-32)19(2)28(35-24,36-25(27)33)21-9-11-22(29)12-10-21/h7-14,19,24,33H,3-6,15H2,1-2H3. The van der Waals surface area contributed by atoms with Crippen molar-refractivity contribution in [1.82, 2.24) is 0 Å². The maximum atomic E-state index is 10.4. The molecule has 36 heavy (non-hydrogen) atoms. The Morgan fingerprint density at radius 2 is 1.64 bits per heavy atom. The molecule has 184 valence electrons.